The maximum absolute atomic E-state index is 12.6. The standard InChI is InChI=1S/C11H10ClF3N2S/c1-5(2)17-9-7(12)3-6(11(13,14)15)4-8(9)16-10(17)18/h3-5H,1-2H3,(H,16,18). The van der Waals surface area contributed by atoms with Crippen molar-refractivity contribution in [3.63, 3.8) is 0 Å². The third kappa shape index (κ3) is 2.19. The maximum Gasteiger partial charge on any atom is 0.416 e. The highest BCUT2D eigenvalue weighted by Gasteiger charge is 2.32. The highest BCUT2D eigenvalue weighted by Crippen LogP contribution is 2.36. The third-order valence-corrected chi connectivity index (χ3v) is 3.17. The minimum Gasteiger partial charge on any atom is -0.315 e. The number of hydrogen-bond donors (Lipinski definition) is 1. The van der Waals surface area contributed by atoms with Gasteiger partial charge in [-0.05, 0) is 26.0 Å². The Kier molecular flexibility index (Phi) is 3.27. The third-order valence-electron chi connectivity index (χ3n) is 2.56. The van der Waals surface area contributed by atoms with Gasteiger partial charge >= 0.3 is 6.18 Å². The molecule has 0 unspecified atom stereocenters. The first kappa shape index (κ1) is 13.5. The summed E-state index contributed by atoms with van der Waals surface area (Å²) in [5.74, 6) is 0. The van der Waals surface area contributed by atoms with Gasteiger partial charge in [0.1, 0.15) is 0 Å². The molecule has 2 nitrogen and oxygen atoms in total. The van der Waals surface area contributed by atoms with E-state index < -0.39 is 11.7 Å². The van der Waals surface area contributed by atoms with Crippen molar-refractivity contribution in [1.82, 2.24) is 9.55 Å². The number of fused-ring (bicyclic) bond motifs is 1. The van der Waals surface area contributed by atoms with Gasteiger partial charge in [-0.1, -0.05) is 11.6 Å². The van der Waals surface area contributed by atoms with Crippen LogP contribution in [-0.2, 0) is 6.18 Å². The molecule has 0 amide bonds. The molecule has 0 saturated carbocycles. The Bertz CT molecular complexity index is 604. The second-order valence-corrected chi connectivity index (χ2v) is 5.01. The molecule has 0 N–H and O–H groups in total. The van der Waals surface area contributed by atoms with Gasteiger partial charge in [0.25, 0.3) is 0 Å². The fraction of sp³-hybridized carbons (Fsp3) is 0.364. The maximum atomic E-state index is 12.6. The van der Waals surface area contributed by atoms with E-state index in [1.54, 1.807) is 4.57 Å². The van der Waals surface area contributed by atoms with Gasteiger partial charge in [-0.15, -0.1) is 12.6 Å². The van der Waals surface area contributed by atoms with E-state index in [1.165, 1.54) is 0 Å². The highest BCUT2D eigenvalue weighted by atomic mass is 35.5. The second-order valence-electron chi connectivity index (χ2n) is 4.20. The van der Waals surface area contributed by atoms with Crippen molar-refractivity contribution in [2.24, 2.45) is 0 Å². The minimum absolute atomic E-state index is 0.0109. The Morgan fingerprint density at radius 1 is 1.33 bits per heavy atom. The summed E-state index contributed by atoms with van der Waals surface area (Å²) >= 11 is 10.1. The molecule has 0 aliphatic carbocycles. The predicted octanol–water partition coefficient (Wildman–Crippen LogP) is 4.58. The lowest BCUT2D eigenvalue weighted by Crippen LogP contribution is -2.05. The van der Waals surface area contributed by atoms with E-state index in [0.717, 1.165) is 12.1 Å². The highest BCUT2D eigenvalue weighted by molar-refractivity contribution is 7.80. The van der Waals surface area contributed by atoms with Gasteiger partial charge in [0.2, 0.25) is 0 Å². The number of alkyl halides is 3. The summed E-state index contributed by atoms with van der Waals surface area (Å²) < 4.78 is 39.6. The van der Waals surface area contributed by atoms with Gasteiger partial charge in [0.05, 0.1) is 21.6 Å². The quantitative estimate of drug-likeness (QED) is 0.762. The molecule has 7 heteroatoms. The average molecular weight is 295 g/mol. The van der Waals surface area contributed by atoms with Crippen LogP contribution >= 0.6 is 24.2 Å². The van der Waals surface area contributed by atoms with Crippen molar-refractivity contribution >= 4 is 35.3 Å². The Labute approximate surface area is 112 Å². The molecule has 0 radical (unpaired) electrons. The number of aromatic nitrogens is 2. The zero-order chi connectivity index (χ0) is 13.7. The molecule has 0 aliphatic rings. The topological polar surface area (TPSA) is 17.8 Å². The lowest BCUT2D eigenvalue weighted by Gasteiger charge is -2.12. The SMILES string of the molecule is CC(C)n1c(S)nc2cc(C(F)(F)F)cc(Cl)c21. The van der Waals surface area contributed by atoms with Crippen LogP contribution in [0.5, 0.6) is 0 Å². The van der Waals surface area contributed by atoms with Gasteiger partial charge in [-0.3, -0.25) is 0 Å². The molecule has 98 valence electrons. The summed E-state index contributed by atoms with van der Waals surface area (Å²) in [6.45, 7) is 3.77. The molecular weight excluding hydrogens is 285 g/mol. The summed E-state index contributed by atoms with van der Waals surface area (Å²) in [7, 11) is 0. The summed E-state index contributed by atoms with van der Waals surface area (Å²) in [6, 6.07) is 1.91. The normalized spacial score (nSPS) is 12.7. The zero-order valence-corrected chi connectivity index (χ0v) is 11.2. The van der Waals surface area contributed by atoms with Crippen molar-refractivity contribution in [2.45, 2.75) is 31.2 Å². The van der Waals surface area contributed by atoms with Gasteiger partial charge in [0, 0.05) is 6.04 Å². The van der Waals surface area contributed by atoms with Crippen LogP contribution in [-0.4, -0.2) is 9.55 Å². The molecule has 0 bridgehead atoms. The molecule has 2 rings (SSSR count). The van der Waals surface area contributed by atoms with E-state index in [1.807, 2.05) is 13.8 Å². The number of hydrogen-bond acceptors (Lipinski definition) is 2. The Morgan fingerprint density at radius 3 is 2.44 bits per heavy atom. The number of nitrogens with zero attached hydrogens (tertiary/aromatic N) is 2. The van der Waals surface area contributed by atoms with Crippen LogP contribution in [0.4, 0.5) is 13.2 Å². The summed E-state index contributed by atoms with van der Waals surface area (Å²) in [5, 5.41) is 0.377. The van der Waals surface area contributed by atoms with E-state index in [0.29, 0.717) is 10.7 Å². The lowest BCUT2D eigenvalue weighted by molar-refractivity contribution is -0.137. The fourth-order valence-corrected chi connectivity index (χ4v) is 2.57. The molecule has 1 aromatic carbocycles. The molecule has 1 aromatic heterocycles. The van der Waals surface area contributed by atoms with Crippen molar-refractivity contribution in [3.05, 3.63) is 22.7 Å². The summed E-state index contributed by atoms with van der Waals surface area (Å²) in [4.78, 5) is 4.01. The lowest BCUT2D eigenvalue weighted by atomic mass is 10.2. The first-order valence-electron chi connectivity index (χ1n) is 5.19. The van der Waals surface area contributed by atoms with Crippen LogP contribution in [0.3, 0.4) is 0 Å². The van der Waals surface area contributed by atoms with Crippen LogP contribution in [0.15, 0.2) is 17.3 Å². The molecule has 2 aromatic rings. The first-order chi connectivity index (χ1) is 8.21. The Morgan fingerprint density at radius 2 is 1.94 bits per heavy atom. The molecule has 0 atom stereocenters. The largest absolute Gasteiger partial charge is 0.416 e. The van der Waals surface area contributed by atoms with Crippen LogP contribution in [0.1, 0.15) is 25.5 Å². The summed E-state index contributed by atoms with van der Waals surface area (Å²) in [6.07, 6.45) is -4.43. The number of benzene rings is 1. The minimum atomic E-state index is -4.43. The van der Waals surface area contributed by atoms with Crippen molar-refractivity contribution in [2.75, 3.05) is 0 Å². The number of halogens is 4. The first-order valence-corrected chi connectivity index (χ1v) is 6.02. The predicted molar refractivity (Wildman–Crippen MR) is 67.4 cm³/mol. The van der Waals surface area contributed by atoms with E-state index in [-0.39, 0.29) is 16.6 Å². The Balaban J connectivity index is 2.78. The van der Waals surface area contributed by atoms with Crippen LogP contribution in [0.2, 0.25) is 5.02 Å². The molecular formula is C11H10ClF3N2S. The van der Waals surface area contributed by atoms with Crippen molar-refractivity contribution < 1.29 is 13.2 Å². The number of imidazole rings is 1. The van der Waals surface area contributed by atoms with Gasteiger partial charge in [-0.2, -0.15) is 13.2 Å². The van der Waals surface area contributed by atoms with E-state index in [9.17, 15) is 13.2 Å². The van der Waals surface area contributed by atoms with E-state index in [2.05, 4.69) is 17.6 Å². The fourth-order valence-electron chi connectivity index (χ4n) is 1.82. The van der Waals surface area contributed by atoms with Crippen LogP contribution in [0.25, 0.3) is 11.0 Å². The van der Waals surface area contributed by atoms with Gasteiger partial charge in [0.15, 0.2) is 5.16 Å². The molecule has 0 spiro atoms. The van der Waals surface area contributed by atoms with Crippen LogP contribution < -0.4 is 0 Å². The summed E-state index contributed by atoms with van der Waals surface area (Å²) in [5.41, 5.74) is -0.125. The molecule has 0 saturated heterocycles. The molecule has 0 fully saturated rings. The van der Waals surface area contributed by atoms with Gasteiger partial charge in [-0.25, -0.2) is 4.98 Å². The molecule has 18 heavy (non-hydrogen) atoms. The molecule has 1 heterocycles. The van der Waals surface area contributed by atoms with Crippen molar-refractivity contribution in [1.29, 1.82) is 0 Å². The van der Waals surface area contributed by atoms with Gasteiger partial charge < -0.3 is 4.57 Å². The smallest absolute Gasteiger partial charge is 0.315 e. The van der Waals surface area contributed by atoms with Crippen molar-refractivity contribution in [3.8, 4) is 0 Å². The number of rotatable bonds is 1. The van der Waals surface area contributed by atoms with E-state index in [4.69, 9.17) is 11.6 Å². The van der Waals surface area contributed by atoms with E-state index >= 15 is 0 Å². The average Bonchev–Trinajstić information content (AvgIpc) is 2.53. The van der Waals surface area contributed by atoms with Crippen LogP contribution in [0, 0.1) is 0 Å². The zero-order valence-electron chi connectivity index (χ0n) is 9.59. The second kappa shape index (κ2) is 4.35. The number of thiol groups is 1. The molecule has 0 aliphatic heterocycles. The monoisotopic (exact) mass is 294 g/mol. The Hall–Kier alpha value is -0.880.